The highest BCUT2D eigenvalue weighted by molar-refractivity contribution is 7.98. The van der Waals surface area contributed by atoms with Gasteiger partial charge in [-0.3, -0.25) is 4.79 Å². The Balaban J connectivity index is 3.12. The van der Waals surface area contributed by atoms with Crippen LogP contribution in [0, 0.1) is 0 Å². The smallest absolute Gasteiger partial charge is 0.152 e. The van der Waals surface area contributed by atoms with E-state index in [1.165, 1.54) is 6.92 Å². The normalized spacial score (nSPS) is 12.3. The number of alkyl halides is 1. The van der Waals surface area contributed by atoms with Gasteiger partial charge in [-0.05, 0) is 25.3 Å². The fraction of sp³-hybridized carbons (Fsp3) is 0.364. The van der Waals surface area contributed by atoms with Crippen LogP contribution >= 0.6 is 23.4 Å². The average Bonchev–Trinajstić information content (AvgIpc) is 2.27. The van der Waals surface area contributed by atoms with Gasteiger partial charge in [0.15, 0.2) is 5.78 Å². The molecule has 0 aliphatic rings. The Morgan fingerprint density at radius 3 is 2.67 bits per heavy atom. The Bertz CT molecular complexity index is 366. The zero-order valence-corrected chi connectivity index (χ0v) is 10.5. The van der Waals surface area contributed by atoms with Crippen LogP contribution in [0.2, 0.25) is 0 Å². The maximum Gasteiger partial charge on any atom is 0.152 e. The van der Waals surface area contributed by atoms with Gasteiger partial charge in [-0.25, -0.2) is 0 Å². The SMILES string of the molecule is COc1cc(SC)ccc1C(Cl)C(C)=O. The quantitative estimate of drug-likeness (QED) is 0.601. The van der Waals surface area contributed by atoms with E-state index in [0.29, 0.717) is 5.75 Å². The molecule has 0 saturated heterocycles. The van der Waals surface area contributed by atoms with Crippen molar-refractivity contribution in [1.29, 1.82) is 0 Å². The van der Waals surface area contributed by atoms with Gasteiger partial charge in [0, 0.05) is 10.5 Å². The molecule has 0 aliphatic heterocycles. The van der Waals surface area contributed by atoms with Crippen LogP contribution < -0.4 is 4.74 Å². The van der Waals surface area contributed by atoms with Crippen LogP contribution in [0.25, 0.3) is 0 Å². The number of methoxy groups -OCH3 is 1. The van der Waals surface area contributed by atoms with Gasteiger partial charge in [0.1, 0.15) is 11.1 Å². The molecule has 0 amide bonds. The predicted octanol–water partition coefficient (Wildman–Crippen LogP) is 3.29. The number of thioether (sulfide) groups is 1. The summed E-state index contributed by atoms with van der Waals surface area (Å²) in [5, 5.41) is -0.629. The Labute approximate surface area is 99.0 Å². The number of ether oxygens (including phenoxy) is 1. The molecule has 1 aromatic rings. The summed E-state index contributed by atoms with van der Waals surface area (Å²) in [7, 11) is 1.58. The minimum absolute atomic E-state index is 0.0770. The first-order valence-electron chi connectivity index (χ1n) is 4.46. The number of ketones is 1. The van der Waals surface area contributed by atoms with Gasteiger partial charge in [0.05, 0.1) is 7.11 Å². The summed E-state index contributed by atoms with van der Waals surface area (Å²) in [5.74, 6) is 0.587. The third-order valence-corrected chi connectivity index (χ3v) is 3.34. The summed E-state index contributed by atoms with van der Waals surface area (Å²) in [5.41, 5.74) is 0.726. The first kappa shape index (κ1) is 12.4. The number of benzene rings is 1. The fourth-order valence-electron chi connectivity index (χ4n) is 1.25. The van der Waals surface area contributed by atoms with E-state index in [1.54, 1.807) is 18.9 Å². The summed E-state index contributed by atoms with van der Waals surface area (Å²) in [6.07, 6.45) is 1.98. The molecule has 82 valence electrons. The highest BCUT2D eigenvalue weighted by Crippen LogP contribution is 2.33. The van der Waals surface area contributed by atoms with Crippen LogP contribution in [0.1, 0.15) is 17.9 Å². The monoisotopic (exact) mass is 244 g/mol. The Morgan fingerprint density at radius 2 is 2.20 bits per heavy atom. The summed E-state index contributed by atoms with van der Waals surface area (Å²) < 4.78 is 5.21. The van der Waals surface area contributed by atoms with Crippen LogP contribution in [-0.2, 0) is 4.79 Å². The van der Waals surface area contributed by atoms with Crippen molar-refractivity contribution in [1.82, 2.24) is 0 Å². The maximum atomic E-state index is 11.2. The van der Waals surface area contributed by atoms with Crippen molar-refractivity contribution in [3.63, 3.8) is 0 Å². The number of hydrogen-bond acceptors (Lipinski definition) is 3. The molecule has 0 saturated carbocycles. The van der Waals surface area contributed by atoms with Crippen LogP contribution in [-0.4, -0.2) is 19.1 Å². The molecule has 0 N–H and O–H groups in total. The van der Waals surface area contributed by atoms with Gasteiger partial charge in [0.25, 0.3) is 0 Å². The van der Waals surface area contributed by atoms with Gasteiger partial charge in [-0.15, -0.1) is 23.4 Å². The molecule has 0 bridgehead atoms. The van der Waals surface area contributed by atoms with Crippen molar-refractivity contribution in [3.8, 4) is 5.75 Å². The summed E-state index contributed by atoms with van der Waals surface area (Å²) >= 11 is 7.60. The summed E-state index contributed by atoms with van der Waals surface area (Å²) in [4.78, 5) is 12.3. The van der Waals surface area contributed by atoms with E-state index in [9.17, 15) is 4.79 Å². The molecule has 0 spiro atoms. The van der Waals surface area contributed by atoms with E-state index in [0.717, 1.165) is 10.5 Å². The number of halogens is 1. The highest BCUT2D eigenvalue weighted by Gasteiger charge is 2.17. The molecule has 0 fully saturated rings. The standard InChI is InChI=1S/C11H13ClO2S/c1-7(13)11(12)9-5-4-8(15-3)6-10(9)14-2/h4-6,11H,1-3H3. The molecule has 0 heterocycles. The lowest BCUT2D eigenvalue weighted by Gasteiger charge is -2.12. The number of rotatable bonds is 4. The molecule has 0 aromatic heterocycles. The van der Waals surface area contributed by atoms with Crippen LogP contribution in [0.15, 0.2) is 23.1 Å². The second-order valence-electron chi connectivity index (χ2n) is 3.08. The van der Waals surface area contributed by atoms with E-state index in [2.05, 4.69) is 0 Å². The van der Waals surface area contributed by atoms with Crippen molar-refractivity contribution in [2.45, 2.75) is 17.2 Å². The van der Waals surface area contributed by atoms with Gasteiger partial charge < -0.3 is 4.74 Å². The van der Waals surface area contributed by atoms with Gasteiger partial charge >= 0.3 is 0 Å². The number of carbonyl (C=O) groups excluding carboxylic acids is 1. The third kappa shape index (κ3) is 2.89. The van der Waals surface area contributed by atoms with Crippen molar-refractivity contribution in [2.24, 2.45) is 0 Å². The first-order valence-corrected chi connectivity index (χ1v) is 6.12. The van der Waals surface area contributed by atoms with Gasteiger partial charge in [-0.1, -0.05) is 6.07 Å². The van der Waals surface area contributed by atoms with E-state index >= 15 is 0 Å². The van der Waals surface area contributed by atoms with Crippen LogP contribution in [0.3, 0.4) is 0 Å². The highest BCUT2D eigenvalue weighted by atomic mass is 35.5. The van der Waals surface area contributed by atoms with E-state index < -0.39 is 5.38 Å². The minimum Gasteiger partial charge on any atom is -0.496 e. The second kappa shape index (κ2) is 5.42. The third-order valence-electron chi connectivity index (χ3n) is 2.07. The van der Waals surface area contributed by atoms with Crippen LogP contribution in [0.4, 0.5) is 0 Å². The zero-order valence-electron chi connectivity index (χ0n) is 8.91. The molecule has 2 nitrogen and oxygen atoms in total. The lowest BCUT2D eigenvalue weighted by Crippen LogP contribution is -2.03. The van der Waals surface area contributed by atoms with Gasteiger partial charge in [0.2, 0.25) is 0 Å². The molecule has 15 heavy (non-hydrogen) atoms. The topological polar surface area (TPSA) is 26.3 Å². The molecular formula is C11H13ClO2S. The number of carbonyl (C=O) groups is 1. The minimum atomic E-state index is -0.629. The van der Waals surface area contributed by atoms with Gasteiger partial charge in [-0.2, -0.15) is 0 Å². The van der Waals surface area contributed by atoms with E-state index in [-0.39, 0.29) is 5.78 Å². The molecule has 0 aliphatic carbocycles. The number of Topliss-reactive ketones (excluding diaryl/α,β-unsaturated/α-hetero) is 1. The van der Waals surface area contributed by atoms with Crippen molar-refractivity contribution < 1.29 is 9.53 Å². The molecule has 1 atom stereocenters. The molecule has 1 unspecified atom stereocenters. The van der Waals surface area contributed by atoms with Crippen molar-refractivity contribution in [2.75, 3.05) is 13.4 Å². The molecule has 0 radical (unpaired) electrons. The van der Waals surface area contributed by atoms with Crippen LogP contribution in [0.5, 0.6) is 5.75 Å². The Kier molecular flexibility index (Phi) is 4.48. The summed E-state index contributed by atoms with van der Waals surface area (Å²) in [6.45, 7) is 1.47. The number of hydrogen-bond donors (Lipinski definition) is 0. The Hall–Kier alpha value is -0.670. The largest absolute Gasteiger partial charge is 0.496 e. The van der Waals surface area contributed by atoms with Crippen molar-refractivity contribution >= 4 is 29.1 Å². The molecule has 4 heteroatoms. The van der Waals surface area contributed by atoms with Crippen molar-refractivity contribution in [3.05, 3.63) is 23.8 Å². The predicted molar refractivity (Wildman–Crippen MR) is 64.1 cm³/mol. The lowest BCUT2D eigenvalue weighted by atomic mass is 10.1. The molecular weight excluding hydrogens is 232 g/mol. The second-order valence-corrected chi connectivity index (χ2v) is 4.40. The first-order chi connectivity index (χ1) is 7.10. The molecule has 1 aromatic carbocycles. The maximum absolute atomic E-state index is 11.2. The van der Waals surface area contributed by atoms with E-state index in [4.69, 9.17) is 16.3 Å². The van der Waals surface area contributed by atoms with E-state index in [1.807, 2.05) is 24.5 Å². The lowest BCUT2D eigenvalue weighted by molar-refractivity contribution is -0.116. The average molecular weight is 245 g/mol. The fourth-order valence-corrected chi connectivity index (χ4v) is 1.86. The Morgan fingerprint density at radius 1 is 1.53 bits per heavy atom. The zero-order chi connectivity index (χ0) is 11.4. The molecule has 1 rings (SSSR count). The summed E-state index contributed by atoms with van der Waals surface area (Å²) in [6, 6.07) is 5.66.